The molecular weight excluding hydrogens is 323 g/mol. The van der Waals surface area contributed by atoms with Crippen LogP contribution >= 0.6 is 0 Å². The predicted octanol–water partition coefficient (Wildman–Crippen LogP) is 3.40. The molecule has 2 rings (SSSR count). The maximum atomic E-state index is 12.5. The molecule has 0 unspecified atom stereocenters. The lowest BCUT2D eigenvalue weighted by Gasteiger charge is -2.06. The van der Waals surface area contributed by atoms with Crippen LogP contribution in [-0.4, -0.2) is 19.7 Å². The van der Waals surface area contributed by atoms with Gasteiger partial charge < -0.3 is 4.42 Å². The lowest BCUT2D eigenvalue weighted by molar-refractivity contribution is -0.137. The summed E-state index contributed by atoms with van der Waals surface area (Å²) in [4.78, 5) is 4.02. The van der Waals surface area contributed by atoms with Crippen LogP contribution in [0.1, 0.15) is 24.5 Å². The standard InChI is InChI=1S/C13H12F3NO4S/c1-8(21-22(2,18)19)12-17-11(7-20-12)9-3-5-10(6-4-9)13(14,15)16/h3-8H,1-2H3/t8-/m0/s1. The molecule has 0 aliphatic carbocycles. The van der Waals surface area contributed by atoms with Crippen LogP contribution in [0, 0.1) is 0 Å². The van der Waals surface area contributed by atoms with Crippen molar-refractivity contribution in [1.29, 1.82) is 0 Å². The highest BCUT2D eigenvalue weighted by molar-refractivity contribution is 7.86. The molecular formula is C13H12F3NO4S. The van der Waals surface area contributed by atoms with Crippen LogP contribution in [0.4, 0.5) is 13.2 Å². The summed E-state index contributed by atoms with van der Waals surface area (Å²) in [6.07, 6.45) is -3.23. The number of alkyl halides is 3. The summed E-state index contributed by atoms with van der Waals surface area (Å²) in [5, 5.41) is 0. The molecule has 0 aliphatic heterocycles. The van der Waals surface area contributed by atoms with Crippen molar-refractivity contribution in [2.24, 2.45) is 0 Å². The number of aromatic nitrogens is 1. The third kappa shape index (κ3) is 4.08. The number of hydrogen-bond donors (Lipinski definition) is 0. The summed E-state index contributed by atoms with van der Waals surface area (Å²) in [6.45, 7) is 1.43. The van der Waals surface area contributed by atoms with Gasteiger partial charge in [-0.1, -0.05) is 12.1 Å². The summed E-state index contributed by atoms with van der Waals surface area (Å²) < 4.78 is 69.3. The first kappa shape index (κ1) is 16.5. The summed E-state index contributed by atoms with van der Waals surface area (Å²) in [5.74, 6) is 0.0142. The highest BCUT2D eigenvalue weighted by Crippen LogP contribution is 2.31. The van der Waals surface area contributed by atoms with Gasteiger partial charge in [0.1, 0.15) is 12.0 Å². The maximum absolute atomic E-state index is 12.5. The number of rotatable bonds is 4. The normalized spacial score (nSPS) is 14.0. The van der Waals surface area contributed by atoms with E-state index >= 15 is 0 Å². The molecule has 1 heterocycles. The molecule has 120 valence electrons. The van der Waals surface area contributed by atoms with Crippen LogP contribution in [-0.2, 0) is 20.5 Å². The van der Waals surface area contributed by atoms with Crippen molar-refractivity contribution in [3.8, 4) is 11.3 Å². The highest BCUT2D eigenvalue weighted by atomic mass is 32.2. The number of halogens is 3. The summed E-state index contributed by atoms with van der Waals surface area (Å²) >= 11 is 0. The largest absolute Gasteiger partial charge is 0.445 e. The van der Waals surface area contributed by atoms with Crippen LogP contribution in [0.5, 0.6) is 0 Å². The molecule has 0 radical (unpaired) electrons. The van der Waals surface area contributed by atoms with E-state index in [1.165, 1.54) is 25.3 Å². The first-order chi connectivity index (χ1) is 10.1. The van der Waals surface area contributed by atoms with E-state index in [0.717, 1.165) is 18.4 Å². The fraction of sp³-hybridized carbons (Fsp3) is 0.308. The SMILES string of the molecule is C[C@H](OS(C)(=O)=O)c1nc(-c2ccc(C(F)(F)F)cc2)co1. The Kier molecular flexibility index (Phi) is 4.30. The number of nitrogens with zero attached hydrogens (tertiary/aromatic N) is 1. The lowest BCUT2D eigenvalue weighted by atomic mass is 10.1. The van der Waals surface area contributed by atoms with E-state index in [2.05, 4.69) is 4.98 Å². The van der Waals surface area contributed by atoms with Gasteiger partial charge in [-0.15, -0.1) is 0 Å². The Labute approximate surface area is 124 Å². The van der Waals surface area contributed by atoms with E-state index in [4.69, 9.17) is 8.60 Å². The zero-order chi connectivity index (χ0) is 16.5. The average Bonchev–Trinajstić information content (AvgIpc) is 2.85. The highest BCUT2D eigenvalue weighted by Gasteiger charge is 2.30. The van der Waals surface area contributed by atoms with Gasteiger partial charge in [-0.05, 0) is 19.1 Å². The second-order valence-electron chi connectivity index (χ2n) is 4.59. The van der Waals surface area contributed by atoms with E-state index in [0.29, 0.717) is 5.56 Å². The smallest absolute Gasteiger partial charge is 0.416 e. The average molecular weight is 335 g/mol. The van der Waals surface area contributed by atoms with Gasteiger partial charge >= 0.3 is 6.18 Å². The van der Waals surface area contributed by atoms with Gasteiger partial charge in [-0.3, -0.25) is 4.18 Å². The minimum atomic E-state index is -4.41. The summed E-state index contributed by atoms with van der Waals surface area (Å²) in [6, 6.07) is 4.37. The number of benzene rings is 1. The number of hydrogen-bond acceptors (Lipinski definition) is 5. The topological polar surface area (TPSA) is 69.4 Å². The molecule has 0 N–H and O–H groups in total. The third-order valence-corrected chi connectivity index (χ3v) is 3.34. The fourth-order valence-corrected chi connectivity index (χ4v) is 2.35. The van der Waals surface area contributed by atoms with Gasteiger partial charge in [0.15, 0.2) is 6.10 Å². The molecule has 22 heavy (non-hydrogen) atoms. The van der Waals surface area contributed by atoms with Gasteiger partial charge in [0.05, 0.1) is 11.8 Å². The first-order valence-electron chi connectivity index (χ1n) is 6.07. The molecule has 0 fully saturated rings. The quantitative estimate of drug-likeness (QED) is 0.801. The van der Waals surface area contributed by atoms with E-state index in [-0.39, 0.29) is 11.6 Å². The Morgan fingerprint density at radius 3 is 2.32 bits per heavy atom. The van der Waals surface area contributed by atoms with Gasteiger partial charge in [0.25, 0.3) is 10.1 Å². The molecule has 0 spiro atoms. The summed E-state index contributed by atoms with van der Waals surface area (Å²) in [7, 11) is -3.67. The lowest BCUT2D eigenvalue weighted by Crippen LogP contribution is -2.07. The van der Waals surface area contributed by atoms with E-state index in [1.807, 2.05) is 0 Å². The van der Waals surface area contributed by atoms with Crippen LogP contribution in [0.25, 0.3) is 11.3 Å². The molecule has 1 aromatic heterocycles. The second-order valence-corrected chi connectivity index (χ2v) is 6.19. The van der Waals surface area contributed by atoms with Crippen molar-refractivity contribution in [3.63, 3.8) is 0 Å². The molecule has 5 nitrogen and oxygen atoms in total. The Bertz CT molecular complexity index is 750. The zero-order valence-electron chi connectivity index (χ0n) is 11.6. The molecule has 2 aromatic rings. The Balaban J connectivity index is 2.21. The van der Waals surface area contributed by atoms with Gasteiger partial charge in [0.2, 0.25) is 5.89 Å². The molecule has 0 amide bonds. The third-order valence-electron chi connectivity index (χ3n) is 2.70. The fourth-order valence-electron chi connectivity index (χ4n) is 1.74. The van der Waals surface area contributed by atoms with Gasteiger partial charge in [-0.25, -0.2) is 4.98 Å². The maximum Gasteiger partial charge on any atom is 0.416 e. The number of oxazole rings is 1. The molecule has 0 saturated heterocycles. The molecule has 0 aliphatic rings. The van der Waals surface area contributed by atoms with Crippen molar-refractivity contribution < 1.29 is 30.2 Å². The Hall–Kier alpha value is -1.87. The van der Waals surface area contributed by atoms with Crippen molar-refractivity contribution in [3.05, 3.63) is 42.0 Å². The first-order valence-corrected chi connectivity index (χ1v) is 7.89. The van der Waals surface area contributed by atoms with Crippen LogP contribution in [0.15, 0.2) is 34.9 Å². The van der Waals surface area contributed by atoms with Crippen LogP contribution in [0.2, 0.25) is 0 Å². The zero-order valence-corrected chi connectivity index (χ0v) is 12.4. The molecule has 0 saturated carbocycles. The minimum absolute atomic E-state index is 0.0142. The second kappa shape index (κ2) is 5.73. The Morgan fingerprint density at radius 2 is 1.82 bits per heavy atom. The van der Waals surface area contributed by atoms with E-state index in [9.17, 15) is 21.6 Å². The van der Waals surface area contributed by atoms with Crippen molar-refractivity contribution in [2.75, 3.05) is 6.26 Å². The van der Waals surface area contributed by atoms with Gasteiger partial charge in [0, 0.05) is 5.56 Å². The molecule has 0 bridgehead atoms. The van der Waals surface area contributed by atoms with Crippen molar-refractivity contribution >= 4 is 10.1 Å². The molecule has 1 aromatic carbocycles. The molecule has 9 heteroatoms. The van der Waals surface area contributed by atoms with E-state index < -0.39 is 28.0 Å². The monoisotopic (exact) mass is 335 g/mol. The van der Waals surface area contributed by atoms with Crippen LogP contribution in [0.3, 0.4) is 0 Å². The summed E-state index contributed by atoms with van der Waals surface area (Å²) in [5.41, 5.74) is -0.0732. The molecule has 1 atom stereocenters. The van der Waals surface area contributed by atoms with Crippen molar-refractivity contribution in [2.45, 2.75) is 19.2 Å². The predicted molar refractivity (Wildman–Crippen MR) is 71.3 cm³/mol. The van der Waals surface area contributed by atoms with Crippen molar-refractivity contribution in [1.82, 2.24) is 4.98 Å². The van der Waals surface area contributed by atoms with Crippen LogP contribution < -0.4 is 0 Å². The Morgan fingerprint density at radius 1 is 1.23 bits per heavy atom. The minimum Gasteiger partial charge on any atom is -0.445 e. The van der Waals surface area contributed by atoms with Gasteiger partial charge in [-0.2, -0.15) is 21.6 Å². The van der Waals surface area contributed by atoms with E-state index in [1.54, 1.807) is 0 Å².